The van der Waals surface area contributed by atoms with Gasteiger partial charge in [-0.25, -0.2) is 16.8 Å². The molecule has 3 rings (SSSR count). The van der Waals surface area contributed by atoms with Gasteiger partial charge in [-0.05, 0) is 56.3 Å². The predicted molar refractivity (Wildman–Crippen MR) is 117 cm³/mol. The van der Waals surface area contributed by atoms with Gasteiger partial charge in [0.05, 0.1) is 22.0 Å². The molecule has 0 aliphatic rings. The van der Waals surface area contributed by atoms with E-state index in [0.717, 1.165) is 0 Å². The minimum atomic E-state index is -3.93. The van der Waals surface area contributed by atoms with Crippen molar-refractivity contribution in [3.8, 4) is 0 Å². The van der Waals surface area contributed by atoms with Crippen LogP contribution in [0, 0.1) is 13.8 Å². The summed E-state index contributed by atoms with van der Waals surface area (Å²) in [7, 11) is -6.16. The molecule has 3 aromatic rings. The number of nitrogens with one attached hydrogen (secondary N) is 2. The number of sulfonamides is 2. The monoisotopic (exact) mass is 488 g/mol. The Hall–Kier alpha value is -2.27. The van der Waals surface area contributed by atoms with Crippen molar-refractivity contribution in [2.24, 2.45) is 7.05 Å². The first-order valence-electron chi connectivity index (χ1n) is 8.51. The molecule has 2 N–H and O–H groups in total. The first kappa shape index (κ1) is 22.4. The Kier molecular flexibility index (Phi) is 6.06. The Bertz CT molecular complexity index is 1300. The first-order chi connectivity index (χ1) is 13.9. The van der Waals surface area contributed by atoms with Crippen molar-refractivity contribution >= 4 is 54.6 Å². The van der Waals surface area contributed by atoms with Crippen LogP contribution in [0.4, 0.5) is 11.4 Å². The fourth-order valence-corrected chi connectivity index (χ4v) is 5.94. The molecule has 0 atom stereocenters. The molecule has 2 aromatic carbocycles. The number of hydrogen-bond acceptors (Lipinski definition) is 5. The van der Waals surface area contributed by atoms with Gasteiger partial charge in [0.15, 0.2) is 0 Å². The van der Waals surface area contributed by atoms with E-state index in [1.54, 1.807) is 20.9 Å². The minimum Gasteiger partial charge on any atom is -0.280 e. The second-order valence-electron chi connectivity index (χ2n) is 6.52. The summed E-state index contributed by atoms with van der Waals surface area (Å²) in [6.07, 6.45) is 0. The molecule has 0 saturated heterocycles. The first-order valence-corrected chi connectivity index (χ1v) is 12.2. The van der Waals surface area contributed by atoms with E-state index in [2.05, 4.69) is 14.5 Å². The molecule has 0 amide bonds. The van der Waals surface area contributed by atoms with E-state index in [9.17, 15) is 16.8 Å². The molecule has 0 bridgehead atoms. The number of rotatable bonds is 6. The molecule has 1 aromatic heterocycles. The molecular formula is C18H18Cl2N4O4S2. The van der Waals surface area contributed by atoms with Crippen LogP contribution in [0.3, 0.4) is 0 Å². The van der Waals surface area contributed by atoms with Crippen LogP contribution in [0.2, 0.25) is 10.0 Å². The zero-order valence-corrected chi connectivity index (χ0v) is 19.3. The van der Waals surface area contributed by atoms with E-state index in [-0.39, 0.29) is 31.2 Å². The summed E-state index contributed by atoms with van der Waals surface area (Å²) in [5, 5.41) is 4.67. The van der Waals surface area contributed by atoms with Gasteiger partial charge in [-0.2, -0.15) is 5.10 Å². The van der Waals surface area contributed by atoms with Crippen molar-refractivity contribution in [2.45, 2.75) is 23.6 Å². The van der Waals surface area contributed by atoms with E-state index < -0.39 is 20.0 Å². The second kappa shape index (κ2) is 8.10. The average Bonchev–Trinajstić information content (AvgIpc) is 2.86. The van der Waals surface area contributed by atoms with Crippen molar-refractivity contribution in [2.75, 3.05) is 9.44 Å². The summed E-state index contributed by atoms with van der Waals surface area (Å²) in [6.45, 7) is 3.25. The van der Waals surface area contributed by atoms with Gasteiger partial charge in [0.2, 0.25) is 0 Å². The lowest BCUT2D eigenvalue weighted by Gasteiger charge is -2.11. The highest BCUT2D eigenvalue weighted by Crippen LogP contribution is 2.26. The SMILES string of the molecule is Cc1nn(C)c(C)c1S(=O)(=O)Nc1ccc(S(=O)(=O)Nc2cc(Cl)cc(Cl)c2)cc1. The Balaban J connectivity index is 1.83. The third kappa shape index (κ3) is 4.72. The molecule has 0 radical (unpaired) electrons. The normalized spacial score (nSPS) is 12.0. The molecule has 0 saturated carbocycles. The zero-order chi connectivity index (χ0) is 22.3. The van der Waals surface area contributed by atoms with E-state index in [1.165, 1.54) is 47.1 Å². The van der Waals surface area contributed by atoms with Gasteiger partial charge in [-0.1, -0.05) is 23.2 Å². The summed E-state index contributed by atoms with van der Waals surface area (Å²) in [4.78, 5) is 0.0245. The molecular weight excluding hydrogens is 471 g/mol. The Labute approximate surface area is 184 Å². The topological polar surface area (TPSA) is 110 Å². The molecule has 8 nitrogen and oxygen atoms in total. The number of nitrogens with zero attached hydrogens (tertiary/aromatic N) is 2. The summed E-state index contributed by atoms with van der Waals surface area (Å²) in [5.74, 6) is 0. The van der Waals surface area contributed by atoms with Crippen LogP contribution < -0.4 is 9.44 Å². The smallest absolute Gasteiger partial charge is 0.265 e. The molecule has 0 aliphatic heterocycles. The molecule has 0 unspecified atom stereocenters. The third-order valence-corrected chi connectivity index (χ3v) is 7.71. The lowest BCUT2D eigenvalue weighted by atomic mass is 10.3. The van der Waals surface area contributed by atoms with Gasteiger partial charge in [0, 0.05) is 22.8 Å². The van der Waals surface area contributed by atoms with Crippen molar-refractivity contribution in [1.82, 2.24) is 9.78 Å². The molecule has 0 spiro atoms. The van der Waals surface area contributed by atoms with Gasteiger partial charge < -0.3 is 0 Å². The van der Waals surface area contributed by atoms with Crippen LogP contribution in [-0.2, 0) is 27.1 Å². The van der Waals surface area contributed by atoms with E-state index in [4.69, 9.17) is 23.2 Å². The third-order valence-electron chi connectivity index (χ3n) is 4.24. The van der Waals surface area contributed by atoms with Crippen LogP contribution >= 0.6 is 23.2 Å². The van der Waals surface area contributed by atoms with Crippen LogP contribution in [0.15, 0.2) is 52.3 Å². The van der Waals surface area contributed by atoms with Crippen LogP contribution in [0.5, 0.6) is 0 Å². The number of aryl methyl sites for hydroxylation is 2. The largest absolute Gasteiger partial charge is 0.280 e. The lowest BCUT2D eigenvalue weighted by molar-refractivity contribution is 0.599. The summed E-state index contributed by atoms with van der Waals surface area (Å²) >= 11 is 11.8. The summed E-state index contributed by atoms with van der Waals surface area (Å²) < 4.78 is 56.9. The fourth-order valence-electron chi connectivity index (χ4n) is 2.88. The van der Waals surface area contributed by atoms with Gasteiger partial charge >= 0.3 is 0 Å². The van der Waals surface area contributed by atoms with E-state index in [1.807, 2.05) is 0 Å². The van der Waals surface area contributed by atoms with E-state index >= 15 is 0 Å². The summed E-state index contributed by atoms with van der Waals surface area (Å²) in [6, 6.07) is 9.62. The molecule has 160 valence electrons. The van der Waals surface area contributed by atoms with Crippen molar-refractivity contribution < 1.29 is 16.8 Å². The van der Waals surface area contributed by atoms with Crippen LogP contribution in [0.25, 0.3) is 0 Å². The van der Waals surface area contributed by atoms with Gasteiger partial charge in [0.1, 0.15) is 4.90 Å². The number of halogens is 2. The van der Waals surface area contributed by atoms with Gasteiger partial charge in [0.25, 0.3) is 20.0 Å². The molecule has 0 fully saturated rings. The number of anilines is 2. The lowest BCUT2D eigenvalue weighted by Crippen LogP contribution is -2.16. The average molecular weight is 489 g/mol. The standard InChI is InChI=1S/C18H18Cl2N4O4S2/c1-11-18(12(2)24(3)21-11)30(27,28)22-15-4-6-17(7-5-15)29(25,26)23-16-9-13(19)8-14(20)10-16/h4-10,22-23H,1-3H3. The van der Waals surface area contributed by atoms with Crippen molar-refractivity contribution in [3.05, 3.63) is 63.9 Å². The fraction of sp³-hybridized carbons (Fsp3) is 0.167. The Morgan fingerprint density at radius 1 is 0.833 bits per heavy atom. The molecule has 12 heteroatoms. The Morgan fingerprint density at radius 3 is 1.87 bits per heavy atom. The minimum absolute atomic E-state index is 0.0599. The second-order valence-corrected chi connectivity index (χ2v) is 10.7. The van der Waals surface area contributed by atoms with Crippen molar-refractivity contribution in [3.63, 3.8) is 0 Å². The number of aromatic nitrogens is 2. The van der Waals surface area contributed by atoms with E-state index in [0.29, 0.717) is 11.4 Å². The quantitative estimate of drug-likeness (QED) is 0.545. The predicted octanol–water partition coefficient (Wildman–Crippen LogP) is 3.95. The molecule has 1 heterocycles. The highest BCUT2D eigenvalue weighted by molar-refractivity contribution is 7.93. The maximum atomic E-state index is 12.7. The number of hydrogen-bond donors (Lipinski definition) is 2. The van der Waals surface area contributed by atoms with Gasteiger partial charge in [-0.15, -0.1) is 0 Å². The highest BCUT2D eigenvalue weighted by atomic mass is 35.5. The summed E-state index contributed by atoms with van der Waals surface area (Å²) in [5.41, 5.74) is 1.27. The maximum Gasteiger partial charge on any atom is 0.265 e. The van der Waals surface area contributed by atoms with Crippen molar-refractivity contribution in [1.29, 1.82) is 0 Å². The highest BCUT2D eigenvalue weighted by Gasteiger charge is 2.24. The Morgan fingerprint density at radius 2 is 1.37 bits per heavy atom. The molecule has 0 aliphatic carbocycles. The van der Waals surface area contributed by atoms with Crippen LogP contribution in [0.1, 0.15) is 11.4 Å². The van der Waals surface area contributed by atoms with Gasteiger partial charge in [-0.3, -0.25) is 14.1 Å². The molecule has 30 heavy (non-hydrogen) atoms. The zero-order valence-electron chi connectivity index (χ0n) is 16.1. The number of benzene rings is 2. The van der Waals surface area contributed by atoms with Crippen LogP contribution in [-0.4, -0.2) is 26.6 Å². The maximum absolute atomic E-state index is 12.7.